The molecule has 0 N–H and O–H groups in total. The molecule has 22 heavy (non-hydrogen) atoms. The van der Waals surface area contributed by atoms with E-state index < -0.39 is 5.92 Å². The van der Waals surface area contributed by atoms with Gasteiger partial charge in [0.05, 0.1) is 5.92 Å². The standard InChI is InChI=1S/C16H16FN3O2/c1-4-13(11-5-7-12(17)8-6-11)15(21)20(3)16-14(9-18)19-10(2)22-16/h5-8,13H,4H2,1-3H3/t13-/m1/s1. The second-order valence-electron chi connectivity index (χ2n) is 4.91. The topological polar surface area (TPSA) is 70.1 Å². The van der Waals surface area contributed by atoms with Crippen LogP contribution in [-0.4, -0.2) is 17.9 Å². The largest absolute Gasteiger partial charge is 0.423 e. The third-order valence-corrected chi connectivity index (χ3v) is 3.44. The van der Waals surface area contributed by atoms with Crippen molar-refractivity contribution >= 4 is 11.8 Å². The Bertz CT molecular complexity index is 716. The molecular weight excluding hydrogens is 285 g/mol. The summed E-state index contributed by atoms with van der Waals surface area (Å²) in [7, 11) is 1.54. The van der Waals surface area contributed by atoms with Gasteiger partial charge in [0.2, 0.25) is 17.5 Å². The van der Waals surface area contributed by atoms with Gasteiger partial charge in [0.25, 0.3) is 0 Å². The predicted molar refractivity (Wildman–Crippen MR) is 78.8 cm³/mol. The van der Waals surface area contributed by atoms with Crippen molar-refractivity contribution in [3.05, 3.63) is 47.2 Å². The highest BCUT2D eigenvalue weighted by Gasteiger charge is 2.27. The zero-order valence-corrected chi connectivity index (χ0v) is 12.6. The molecule has 2 aromatic rings. The van der Waals surface area contributed by atoms with Crippen LogP contribution in [0.2, 0.25) is 0 Å². The summed E-state index contributed by atoms with van der Waals surface area (Å²) in [5.41, 5.74) is 0.790. The van der Waals surface area contributed by atoms with Gasteiger partial charge >= 0.3 is 0 Å². The number of rotatable bonds is 4. The lowest BCUT2D eigenvalue weighted by Gasteiger charge is -2.21. The van der Waals surface area contributed by atoms with Crippen LogP contribution in [0.1, 0.15) is 36.4 Å². The van der Waals surface area contributed by atoms with Gasteiger partial charge in [0, 0.05) is 14.0 Å². The number of amides is 1. The molecule has 0 aliphatic carbocycles. The Morgan fingerprint density at radius 3 is 2.64 bits per heavy atom. The van der Waals surface area contributed by atoms with Crippen LogP contribution in [0, 0.1) is 24.1 Å². The number of carbonyl (C=O) groups excluding carboxylic acids is 1. The first-order valence-corrected chi connectivity index (χ1v) is 6.88. The number of carbonyl (C=O) groups is 1. The molecule has 1 aromatic carbocycles. The van der Waals surface area contributed by atoms with Crippen molar-refractivity contribution in [1.29, 1.82) is 5.26 Å². The quantitative estimate of drug-likeness (QED) is 0.869. The first-order valence-electron chi connectivity index (χ1n) is 6.88. The minimum absolute atomic E-state index is 0.0716. The van der Waals surface area contributed by atoms with E-state index in [1.165, 1.54) is 24.1 Å². The predicted octanol–water partition coefficient (Wildman–Crippen LogP) is 3.15. The summed E-state index contributed by atoms with van der Waals surface area (Å²) in [5, 5.41) is 9.05. The van der Waals surface area contributed by atoms with E-state index in [4.69, 9.17) is 9.68 Å². The van der Waals surface area contributed by atoms with Crippen molar-refractivity contribution in [2.75, 3.05) is 11.9 Å². The van der Waals surface area contributed by atoms with E-state index in [1.54, 1.807) is 19.1 Å². The lowest BCUT2D eigenvalue weighted by atomic mass is 9.95. The normalized spacial score (nSPS) is 11.8. The van der Waals surface area contributed by atoms with Crippen molar-refractivity contribution in [2.45, 2.75) is 26.2 Å². The van der Waals surface area contributed by atoms with E-state index in [0.29, 0.717) is 12.3 Å². The number of nitriles is 1. The monoisotopic (exact) mass is 301 g/mol. The van der Waals surface area contributed by atoms with Crippen LogP contribution in [0.15, 0.2) is 28.7 Å². The molecule has 1 heterocycles. The Labute approximate surface area is 128 Å². The number of hydrogen-bond donors (Lipinski definition) is 0. The molecule has 114 valence electrons. The molecule has 1 amide bonds. The number of nitrogens with zero attached hydrogens (tertiary/aromatic N) is 3. The average molecular weight is 301 g/mol. The minimum Gasteiger partial charge on any atom is -0.423 e. The van der Waals surface area contributed by atoms with Gasteiger partial charge < -0.3 is 4.42 Å². The van der Waals surface area contributed by atoms with Crippen LogP contribution in [0.25, 0.3) is 0 Å². The summed E-state index contributed by atoms with van der Waals surface area (Å²) >= 11 is 0. The SMILES string of the molecule is CC[C@@H](C(=O)N(C)c1oc(C)nc1C#N)c1ccc(F)cc1. The van der Waals surface area contributed by atoms with Gasteiger partial charge in [-0.2, -0.15) is 5.26 Å². The highest BCUT2D eigenvalue weighted by molar-refractivity contribution is 5.97. The number of likely N-dealkylation sites (N-methyl/N-ethyl adjacent to an activating group) is 1. The van der Waals surface area contributed by atoms with E-state index in [-0.39, 0.29) is 23.3 Å². The third kappa shape index (κ3) is 2.98. The van der Waals surface area contributed by atoms with Crippen LogP contribution >= 0.6 is 0 Å². The highest BCUT2D eigenvalue weighted by Crippen LogP contribution is 2.27. The van der Waals surface area contributed by atoms with Crippen molar-refractivity contribution in [3.8, 4) is 6.07 Å². The fourth-order valence-corrected chi connectivity index (χ4v) is 2.30. The highest BCUT2D eigenvalue weighted by atomic mass is 19.1. The van der Waals surface area contributed by atoms with Crippen LogP contribution in [-0.2, 0) is 4.79 Å². The van der Waals surface area contributed by atoms with E-state index in [9.17, 15) is 9.18 Å². The number of aromatic nitrogens is 1. The Kier molecular flexibility index (Phi) is 4.56. The number of halogens is 1. The molecule has 0 bridgehead atoms. The van der Waals surface area contributed by atoms with Crippen LogP contribution in [0.5, 0.6) is 0 Å². The minimum atomic E-state index is -0.442. The van der Waals surface area contributed by atoms with E-state index in [0.717, 1.165) is 5.56 Å². The number of aryl methyl sites for hydroxylation is 1. The van der Waals surface area contributed by atoms with Gasteiger partial charge in [0.1, 0.15) is 11.9 Å². The summed E-state index contributed by atoms with van der Waals surface area (Å²) in [6.07, 6.45) is 0.545. The number of oxazole rings is 1. The van der Waals surface area contributed by atoms with E-state index in [2.05, 4.69) is 4.98 Å². The number of hydrogen-bond acceptors (Lipinski definition) is 4. The maximum Gasteiger partial charge on any atom is 0.241 e. The molecule has 0 radical (unpaired) electrons. The first-order chi connectivity index (χ1) is 10.5. The molecule has 0 aliphatic heterocycles. The molecule has 0 saturated heterocycles. The third-order valence-electron chi connectivity index (χ3n) is 3.44. The van der Waals surface area contributed by atoms with Crippen LogP contribution < -0.4 is 4.90 Å². The molecule has 6 heteroatoms. The Balaban J connectivity index is 2.31. The lowest BCUT2D eigenvalue weighted by molar-refractivity contribution is -0.120. The fraction of sp³-hybridized carbons (Fsp3) is 0.312. The van der Waals surface area contributed by atoms with E-state index in [1.807, 2.05) is 13.0 Å². The Hall–Kier alpha value is -2.68. The van der Waals surface area contributed by atoms with Gasteiger partial charge in [-0.3, -0.25) is 9.69 Å². The van der Waals surface area contributed by atoms with Gasteiger partial charge in [-0.15, -0.1) is 0 Å². The van der Waals surface area contributed by atoms with Gasteiger partial charge in [-0.05, 0) is 24.1 Å². The second kappa shape index (κ2) is 6.39. The summed E-state index contributed by atoms with van der Waals surface area (Å²) in [4.78, 5) is 17.9. The molecule has 0 spiro atoms. The molecule has 0 saturated carbocycles. The number of anilines is 1. The van der Waals surface area contributed by atoms with Crippen LogP contribution in [0.4, 0.5) is 10.3 Å². The smallest absolute Gasteiger partial charge is 0.241 e. The number of benzene rings is 1. The van der Waals surface area contributed by atoms with Gasteiger partial charge in [-0.1, -0.05) is 19.1 Å². The molecule has 2 rings (SSSR count). The summed E-state index contributed by atoms with van der Waals surface area (Å²) in [6.45, 7) is 3.48. The van der Waals surface area contributed by atoms with Crippen molar-refractivity contribution in [1.82, 2.24) is 4.98 Å². The molecular formula is C16H16FN3O2. The van der Waals surface area contributed by atoms with Crippen molar-refractivity contribution in [2.24, 2.45) is 0 Å². The molecule has 0 unspecified atom stereocenters. The first kappa shape index (κ1) is 15.7. The summed E-state index contributed by atoms with van der Waals surface area (Å²) in [6, 6.07) is 7.73. The maximum absolute atomic E-state index is 13.0. The second-order valence-corrected chi connectivity index (χ2v) is 4.91. The van der Waals surface area contributed by atoms with Crippen molar-refractivity contribution < 1.29 is 13.6 Å². The maximum atomic E-state index is 13.0. The van der Waals surface area contributed by atoms with Gasteiger partial charge in [-0.25, -0.2) is 9.37 Å². The molecule has 5 nitrogen and oxygen atoms in total. The van der Waals surface area contributed by atoms with Crippen molar-refractivity contribution in [3.63, 3.8) is 0 Å². The Morgan fingerprint density at radius 1 is 1.45 bits per heavy atom. The fourth-order valence-electron chi connectivity index (χ4n) is 2.30. The average Bonchev–Trinajstić information content (AvgIpc) is 2.90. The zero-order chi connectivity index (χ0) is 16.3. The molecule has 0 aliphatic rings. The van der Waals surface area contributed by atoms with Crippen LogP contribution in [0.3, 0.4) is 0 Å². The summed E-state index contributed by atoms with van der Waals surface area (Å²) in [5.74, 6) is -0.576. The molecule has 1 aromatic heterocycles. The van der Waals surface area contributed by atoms with E-state index >= 15 is 0 Å². The Morgan fingerprint density at radius 2 is 2.09 bits per heavy atom. The van der Waals surface area contributed by atoms with Gasteiger partial charge in [0.15, 0.2) is 5.89 Å². The summed E-state index contributed by atoms with van der Waals surface area (Å²) < 4.78 is 18.4. The molecule has 0 fully saturated rings. The lowest BCUT2D eigenvalue weighted by Crippen LogP contribution is -2.31. The zero-order valence-electron chi connectivity index (χ0n) is 12.6. The molecule has 1 atom stereocenters.